The summed E-state index contributed by atoms with van der Waals surface area (Å²) in [6, 6.07) is 7.71. The van der Waals surface area contributed by atoms with Crippen LogP contribution in [0.2, 0.25) is 0 Å². The summed E-state index contributed by atoms with van der Waals surface area (Å²) in [5, 5.41) is 0. The van der Waals surface area contributed by atoms with Crippen LogP contribution < -0.4 is 9.64 Å². The van der Waals surface area contributed by atoms with Crippen LogP contribution in [0.4, 0.5) is 10.1 Å². The lowest BCUT2D eigenvalue weighted by molar-refractivity contribution is 0.0993. The summed E-state index contributed by atoms with van der Waals surface area (Å²) >= 11 is 0. The van der Waals surface area contributed by atoms with E-state index < -0.39 is 0 Å². The van der Waals surface area contributed by atoms with E-state index in [1.54, 1.807) is 32.3 Å². The average Bonchev–Trinajstić information content (AvgIpc) is 2.48. The fourth-order valence-electron chi connectivity index (χ4n) is 1.78. The third kappa shape index (κ3) is 2.77. The van der Waals surface area contributed by atoms with Crippen molar-refractivity contribution >= 4 is 11.6 Å². The summed E-state index contributed by atoms with van der Waals surface area (Å²) in [4.78, 5) is 17.8. The summed E-state index contributed by atoms with van der Waals surface area (Å²) in [6.07, 6.45) is 1.55. The molecule has 2 aromatic rings. The summed E-state index contributed by atoms with van der Waals surface area (Å²) in [5.74, 6) is -0.0670. The Labute approximate surface area is 116 Å². The highest BCUT2D eigenvalue weighted by molar-refractivity contribution is 6.05. The van der Waals surface area contributed by atoms with Gasteiger partial charge in [-0.2, -0.15) is 0 Å². The highest BCUT2D eigenvalue weighted by atomic mass is 19.1. The molecule has 4 nitrogen and oxygen atoms in total. The number of benzene rings is 1. The number of rotatable bonds is 3. The van der Waals surface area contributed by atoms with E-state index in [0.717, 1.165) is 0 Å². The number of hydrogen-bond acceptors (Lipinski definition) is 3. The molecule has 0 atom stereocenters. The number of hydrogen-bond donors (Lipinski definition) is 0. The first-order chi connectivity index (χ1) is 9.52. The van der Waals surface area contributed by atoms with E-state index in [-0.39, 0.29) is 11.7 Å². The molecule has 0 bridgehead atoms. The minimum atomic E-state index is -0.324. The monoisotopic (exact) mass is 274 g/mol. The highest BCUT2D eigenvalue weighted by Crippen LogP contribution is 2.18. The Balaban J connectivity index is 2.24. The molecule has 104 valence electrons. The van der Waals surface area contributed by atoms with Gasteiger partial charge in [0.2, 0.25) is 5.88 Å². The molecule has 5 heteroatoms. The van der Waals surface area contributed by atoms with E-state index in [1.165, 1.54) is 30.2 Å². The molecule has 1 aromatic heterocycles. The average molecular weight is 274 g/mol. The number of halogens is 1. The second kappa shape index (κ2) is 5.69. The first kappa shape index (κ1) is 14.0. The zero-order chi connectivity index (χ0) is 14.7. The predicted molar refractivity (Wildman–Crippen MR) is 74.7 cm³/mol. The van der Waals surface area contributed by atoms with Crippen molar-refractivity contribution in [2.45, 2.75) is 6.92 Å². The van der Waals surface area contributed by atoms with Crippen LogP contribution in [0, 0.1) is 12.7 Å². The molecule has 0 aliphatic rings. The second-order valence-electron chi connectivity index (χ2n) is 4.39. The third-order valence-electron chi connectivity index (χ3n) is 3.03. The quantitative estimate of drug-likeness (QED) is 0.864. The Morgan fingerprint density at radius 1 is 1.30 bits per heavy atom. The SMILES string of the molecule is COc1ccc(N(C)C(=O)c2ccc(F)c(C)c2)cn1. The fraction of sp³-hybridized carbons (Fsp3) is 0.200. The lowest BCUT2D eigenvalue weighted by Gasteiger charge is -2.17. The summed E-state index contributed by atoms with van der Waals surface area (Å²) < 4.78 is 18.2. The van der Waals surface area contributed by atoms with Crippen molar-refractivity contribution in [3.63, 3.8) is 0 Å². The zero-order valence-electron chi connectivity index (χ0n) is 11.6. The molecule has 1 heterocycles. The molecule has 0 spiro atoms. The molecule has 1 amide bonds. The van der Waals surface area contributed by atoms with Gasteiger partial charge in [-0.3, -0.25) is 4.79 Å². The van der Waals surface area contributed by atoms with E-state index in [9.17, 15) is 9.18 Å². The molecule has 0 radical (unpaired) electrons. The second-order valence-corrected chi connectivity index (χ2v) is 4.39. The third-order valence-corrected chi connectivity index (χ3v) is 3.03. The number of aryl methyl sites for hydroxylation is 1. The van der Waals surface area contributed by atoms with Gasteiger partial charge in [0.25, 0.3) is 5.91 Å². The lowest BCUT2D eigenvalue weighted by atomic mass is 10.1. The minimum Gasteiger partial charge on any atom is -0.481 e. The Hall–Kier alpha value is -2.43. The van der Waals surface area contributed by atoms with Crippen LogP contribution in [-0.4, -0.2) is 25.0 Å². The molecule has 2 rings (SSSR count). The van der Waals surface area contributed by atoms with Gasteiger partial charge in [-0.15, -0.1) is 0 Å². The number of amides is 1. The predicted octanol–water partition coefficient (Wildman–Crippen LogP) is 2.81. The molecule has 0 saturated carbocycles. The van der Waals surface area contributed by atoms with Gasteiger partial charge in [-0.05, 0) is 36.8 Å². The van der Waals surface area contributed by atoms with Crippen molar-refractivity contribution < 1.29 is 13.9 Å². The van der Waals surface area contributed by atoms with Gasteiger partial charge >= 0.3 is 0 Å². The van der Waals surface area contributed by atoms with Gasteiger partial charge in [-0.25, -0.2) is 9.37 Å². The number of carbonyl (C=O) groups is 1. The molecule has 20 heavy (non-hydrogen) atoms. The summed E-state index contributed by atoms with van der Waals surface area (Å²) in [5.41, 5.74) is 1.51. The molecule has 0 fully saturated rings. The van der Waals surface area contributed by atoms with Crippen LogP contribution in [-0.2, 0) is 0 Å². The van der Waals surface area contributed by atoms with E-state index in [1.807, 2.05) is 0 Å². The van der Waals surface area contributed by atoms with Crippen molar-refractivity contribution in [1.29, 1.82) is 0 Å². The first-order valence-electron chi connectivity index (χ1n) is 6.07. The maximum Gasteiger partial charge on any atom is 0.258 e. The van der Waals surface area contributed by atoms with Crippen molar-refractivity contribution in [3.8, 4) is 5.88 Å². The number of anilines is 1. The van der Waals surface area contributed by atoms with E-state index in [4.69, 9.17) is 4.74 Å². The normalized spacial score (nSPS) is 10.2. The molecule has 0 saturated heterocycles. The Bertz CT molecular complexity index is 626. The fourth-order valence-corrected chi connectivity index (χ4v) is 1.78. The molecule has 0 N–H and O–H groups in total. The molecule has 1 aromatic carbocycles. The number of methoxy groups -OCH3 is 1. The van der Waals surface area contributed by atoms with Crippen molar-refractivity contribution in [2.75, 3.05) is 19.1 Å². The van der Waals surface area contributed by atoms with Gasteiger partial charge in [0.15, 0.2) is 0 Å². The van der Waals surface area contributed by atoms with E-state index in [2.05, 4.69) is 4.98 Å². The molecular formula is C15H15FN2O2. The summed E-state index contributed by atoms with van der Waals surface area (Å²) in [6.45, 7) is 1.63. The Kier molecular flexibility index (Phi) is 3.98. The van der Waals surface area contributed by atoms with Crippen molar-refractivity contribution in [1.82, 2.24) is 4.98 Å². The Morgan fingerprint density at radius 3 is 2.60 bits per heavy atom. The van der Waals surface area contributed by atoms with Crippen LogP contribution in [0.1, 0.15) is 15.9 Å². The minimum absolute atomic E-state index is 0.222. The van der Waals surface area contributed by atoms with Crippen LogP contribution in [0.15, 0.2) is 36.5 Å². The molecular weight excluding hydrogens is 259 g/mol. The van der Waals surface area contributed by atoms with Gasteiger partial charge in [0, 0.05) is 18.7 Å². The Morgan fingerprint density at radius 2 is 2.05 bits per heavy atom. The smallest absolute Gasteiger partial charge is 0.258 e. The van der Waals surface area contributed by atoms with Crippen LogP contribution in [0.5, 0.6) is 5.88 Å². The number of aromatic nitrogens is 1. The van der Waals surface area contributed by atoms with Crippen LogP contribution in [0.3, 0.4) is 0 Å². The van der Waals surface area contributed by atoms with E-state index in [0.29, 0.717) is 22.7 Å². The van der Waals surface area contributed by atoms with Crippen LogP contribution >= 0.6 is 0 Å². The number of nitrogens with zero attached hydrogens (tertiary/aromatic N) is 2. The maximum absolute atomic E-state index is 13.2. The number of ether oxygens (including phenoxy) is 1. The lowest BCUT2D eigenvalue weighted by Crippen LogP contribution is -2.26. The maximum atomic E-state index is 13.2. The molecule has 0 aliphatic carbocycles. The van der Waals surface area contributed by atoms with E-state index >= 15 is 0 Å². The first-order valence-corrected chi connectivity index (χ1v) is 6.07. The van der Waals surface area contributed by atoms with Gasteiger partial charge in [-0.1, -0.05) is 0 Å². The standard InChI is InChI=1S/C15H15FN2O2/c1-10-8-11(4-6-13(10)16)15(19)18(2)12-5-7-14(20-3)17-9-12/h4-9H,1-3H3. The molecule has 0 unspecified atom stereocenters. The topological polar surface area (TPSA) is 42.4 Å². The summed E-state index contributed by atoms with van der Waals surface area (Å²) in [7, 11) is 3.17. The zero-order valence-corrected chi connectivity index (χ0v) is 11.6. The largest absolute Gasteiger partial charge is 0.481 e. The van der Waals surface area contributed by atoms with Crippen molar-refractivity contribution in [2.24, 2.45) is 0 Å². The van der Waals surface area contributed by atoms with Gasteiger partial charge in [0.05, 0.1) is 19.0 Å². The van der Waals surface area contributed by atoms with Gasteiger partial charge in [0.1, 0.15) is 5.82 Å². The van der Waals surface area contributed by atoms with Gasteiger partial charge < -0.3 is 9.64 Å². The number of pyridine rings is 1. The van der Waals surface area contributed by atoms with Crippen molar-refractivity contribution in [3.05, 3.63) is 53.5 Å². The molecule has 0 aliphatic heterocycles. The highest BCUT2D eigenvalue weighted by Gasteiger charge is 2.14. The van der Waals surface area contributed by atoms with Crippen LogP contribution in [0.25, 0.3) is 0 Å². The number of carbonyl (C=O) groups excluding carboxylic acids is 1.